The van der Waals surface area contributed by atoms with Gasteiger partial charge in [0.1, 0.15) is 6.04 Å². The number of hydrogen-bond donors (Lipinski definition) is 3. The Hall–Kier alpha value is -2.11. The van der Waals surface area contributed by atoms with Crippen molar-refractivity contribution in [3.8, 4) is 0 Å². The van der Waals surface area contributed by atoms with Crippen LogP contribution < -0.4 is 16.0 Å². The third kappa shape index (κ3) is 21.3. The van der Waals surface area contributed by atoms with E-state index in [1.165, 1.54) is 103 Å². The quantitative estimate of drug-likeness (QED) is 0.0827. The molecule has 1 aliphatic rings. The molecule has 0 aliphatic heterocycles. The first-order valence-electron chi connectivity index (χ1n) is 17.3. The number of unbranched alkanes of at least 4 members (excludes halogenated alkanes) is 18. The van der Waals surface area contributed by atoms with Crippen LogP contribution in [0.3, 0.4) is 0 Å². The maximum atomic E-state index is 12.9. The minimum atomic E-state index is -0.698. The number of rotatable bonds is 28. The van der Waals surface area contributed by atoms with Crippen LogP contribution in [-0.2, 0) is 14.4 Å². The summed E-state index contributed by atoms with van der Waals surface area (Å²) in [6, 6.07) is -0.698. The molecule has 0 spiro atoms. The van der Waals surface area contributed by atoms with E-state index in [2.05, 4.69) is 29.8 Å². The van der Waals surface area contributed by atoms with Crippen LogP contribution in [0.2, 0.25) is 0 Å². The summed E-state index contributed by atoms with van der Waals surface area (Å²) in [7, 11) is 0. The van der Waals surface area contributed by atoms with Crippen LogP contribution in [0.5, 0.6) is 0 Å². The summed E-state index contributed by atoms with van der Waals surface area (Å²) in [5.41, 5.74) is 0. The number of hydrogen-bond acceptors (Lipinski definition) is 3. The van der Waals surface area contributed by atoms with Crippen molar-refractivity contribution in [2.24, 2.45) is 5.92 Å². The average molecular weight is 574 g/mol. The van der Waals surface area contributed by atoms with Crippen molar-refractivity contribution in [1.82, 2.24) is 16.0 Å². The van der Waals surface area contributed by atoms with Crippen LogP contribution in [0.25, 0.3) is 0 Å². The third-order valence-corrected chi connectivity index (χ3v) is 8.03. The highest BCUT2D eigenvalue weighted by molar-refractivity contribution is 5.90. The summed E-state index contributed by atoms with van der Waals surface area (Å²) in [6.45, 7) is 5.78. The van der Waals surface area contributed by atoms with Gasteiger partial charge in [-0.2, -0.15) is 0 Å². The number of nitrogens with one attached hydrogen (secondary N) is 3. The van der Waals surface area contributed by atoms with Crippen molar-refractivity contribution >= 4 is 17.7 Å². The molecule has 0 radical (unpaired) electrons. The van der Waals surface area contributed by atoms with E-state index in [0.29, 0.717) is 19.5 Å². The number of carbonyl (C=O) groups is 3. The fourth-order valence-electron chi connectivity index (χ4n) is 5.29. The van der Waals surface area contributed by atoms with Crippen molar-refractivity contribution in [3.05, 3.63) is 24.3 Å². The molecule has 41 heavy (non-hydrogen) atoms. The molecule has 3 amide bonds. The molecule has 0 aromatic heterocycles. The first-order valence-corrected chi connectivity index (χ1v) is 17.3. The zero-order chi connectivity index (χ0) is 29.8. The van der Waals surface area contributed by atoms with E-state index >= 15 is 0 Å². The number of carbonyl (C=O) groups excluding carboxylic acids is 3. The van der Waals surface area contributed by atoms with Gasteiger partial charge in [-0.25, -0.2) is 0 Å². The van der Waals surface area contributed by atoms with Crippen molar-refractivity contribution in [2.75, 3.05) is 13.1 Å². The molecule has 1 atom stereocenters. The highest BCUT2D eigenvalue weighted by atomic mass is 16.2. The molecule has 0 aromatic rings. The predicted octanol–water partition coefficient (Wildman–Crippen LogP) is 8.07. The average Bonchev–Trinajstić information content (AvgIpc) is 3.52. The molecule has 6 nitrogen and oxygen atoms in total. The Kier molecular flexibility index (Phi) is 24.1. The summed E-state index contributed by atoms with van der Waals surface area (Å²) in [5.74, 6) is -0.789. The summed E-state index contributed by atoms with van der Waals surface area (Å²) in [6.07, 6.45) is 33.0. The summed E-state index contributed by atoms with van der Waals surface area (Å²) < 4.78 is 0. The second-order valence-electron chi connectivity index (χ2n) is 11.9. The summed E-state index contributed by atoms with van der Waals surface area (Å²) in [4.78, 5) is 38.0. The second-order valence-corrected chi connectivity index (χ2v) is 11.9. The SMILES string of the molecule is CCCCCCCCCCCCNC(=O)CCC(NC(=O)C1C=CC=C1)C(=O)NCCCCCCCCCCCC. The smallest absolute Gasteiger partial charge is 0.242 e. The Bertz CT molecular complexity index is 722. The minimum absolute atomic E-state index is 0.0525. The van der Waals surface area contributed by atoms with Gasteiger partial charge in [-0.3, -0.25) is 14.4 Å². The second kappa shape index (κ2) is 26.8. The van der Waals surface area contributed by atoms with Gasteiger partial charge in [0.2, 0.25) is 17.7 Å². The van der Waals surface area contributed by atoms with E-state index in [1.807, 2.05) is 24.3 Å². The largest absolute Gasteiger partial charge is 0.356 e. The zero-order valence-corrected chi connectivity index (χ0v) is 26.7. The minimum Gasteiger partial charge on any atom is -0.356 e. The van der Waals surface area contributed by atoms with E-state index in [9.17, 15) is 14.4 Å². The first kappa shape index (κ1) is 36.9. The zero-order valence-electron chi connectivity index (χ0n) is 26.7. The van der Waals surface area contributed by atoms with Gasteiger partial charge in [0.15, 0.2) is 0 Å². The van der Waals surface area contributed by atoms with Crippen molar-refractivity contribution < 1.29 is 14.4 Å². The molecule has 0 heterocycles. The number of amides is 3. The Labute approximate surface area is 252 Å². The molecule has 0 fully saturated rings. The van der Waals surface area contributed by atoms with Crippen molar-refractivity contribution in [1.29, 1.82) is 0 Å². The van der Waals surface area contributed by atoms with Crippen molar-refractivity contribution in [2.45, 2.75) is 161 Å². The van der Waals surface area contributed by atoms with Gasteiger partial charge in [0.05, 0.1) is 5.92 Å². The van der Waals surface area contributed by atoms with Gasteiger partial charge >= 0.3 is 0 Å². The van der Waals surface area contributed by atoms with Gasteiger partial charge in [-0.05, 0) is 19.3 Å². The Morgan fingerprint density at radius 2 is 1.00 bits per heavy atom. The highest BCUT2D eigenvalue weighted by Crippen LogP contribution is 2.12. The molecule has 1 rings (SSSR count). The van der Waals surface area contributed by atoms with Crippen LogP contribution in [0.1, 0.15) is 155 Å². The highest BCUT2D eigenvalue weighted by Gasteiger charge is 2.24. The van der Waals surface area contributed by atoms with Crippen LogP contribution in [0.15, 0.2) is 24.3 Å². The standard InChI is InChI=1S/C35H63N3O3/c1-3-5-7-9-11-13-15-17-19-23-29-36-33(39)28-27-32(38-34(40)31-25-21-22-26-31)35(41)37-30-24-20-18-16-14-12-10-8-6-4-2/h21-22,25-26,31-32H,3-20,23-24,27-30H2,1-2H3,(H,36,39)(H,37,41)(H,38,40). The van der Waals surface area contributed by atoms with Crippen LogP contribution in [-0.4, -0.2) is 36.9 Å². The van der Waals surface area contributed by atoms with Gasteiger partial charge in [0.25, 0.3) is 0 Å². The molecule has 3 N–H and O–H groups in total. The predicted molar refractivity (Wildman–Crippen MR) is 173 cm³/mol. The molecule has 0 aromatic carbocycles. The molecule has 6 heteroatoms. The third-order valence-electron chi connectivity index (χ3n) is 8.03. The van der Waals surface area contributed by atoms with E-state index in [1.54, 1.807) is 0 Å². The molecule has 236 valence electrons. The lowest BCUT2D eigenvalue weighted by atomic mass is 10.1. The molecule has 1 aliphatic carbocycles. The molecule has 0 bridgehead atoms. The lowest BCUT2D eigenvalue weighted by Crippen LogP contribution is -2.48. The first-order chi connectivity index (χ1) is 20.1. The van der Waals surface area contributed by atoms with Gasteiger partial charge in [0, 0.05) is 19.5 Å². The molecule has 0 saturated carbocycles. The van der Waals surface area contributed by atoms with Gasteiger partial charge in [-0.15, -0.1) is 0 Å². The Balaban J connectivity index is 2.24. The Morgan fingerprint density at radius 1 is 0.585 bits per heavy atom. The van der Waals surface area contributed by atoms with E-state index in [-0.39, 0.29) is 30.1 Å². The molecular formula is C35H63N3O3. The number of allylic oxidation sites excluding steroid dienone is 2. The molecule has 1 unspecified atom stereocenters. The summed E-state index contributed by atoms with van der Waals surface area (Å²) >= 11 is 0. The van der Waals surface area contributed by atoms with Crippen LogP contribution in [0, 0.1) is 5.92 Å². The monoisotopic (exact) mass is 573 g/mol. The fourth-order valence-corrected chi connectivity index (χ4v) is 5.29. The molecule has 0 saturated heterocycles. The van der Waals surface area contributed by atoms with E-state index in [4.69, 9.17) is 0 Å². The Morgan fingerprint density at radius 3 is 1.46 bits per heavy atom. The molecular weight excluding hydrogens is 510 g/mol. The van der Waals surface area contributed by atoms with E-state index < -0.39 is 6.04 Å². The maximum Gasteiger partial charge on any atom is 0.242 e. The van der Waals surface area contributed by atoms with E-state index in [0.717, 1.165) is 25.7 Å². The topological polar surface area (TPSA) is 87.3 Å². The normalized spacial score (nSPS) is 13.4. The fraction of sp³-hybridized carbons (Fsp3) is 0.800. The maximum absolute atomic E-state index is 12.9. The lowest BCUT2D eigenvalue weighted by Gasteiger charge is -2.20. The van der Waals surface area contributed by atoms with Gasteiger partial charge < -0.3 is 16.0 Å². The van der Waals surface area contributed by atoms with Crippen LogP contribution in [0.4, 0.5) is 0 Å². The lowest BCUT2D eigenvalue weighted by molar-refractivity contribution is -0.130. The summed E-state index contributed by atoms with van der Waals surface area (Å²) in [5, 5.41) is 8.87. The van der Waals surface area contributed by atoms with Crippen LogP contribution >= 0.6 is 0 Å². The van der Waals surface area contributed by atoms with Gasteiger partial charge in [-0.1, -0.05) is 154 Å². The van der Waals surface area contributed by atoms with Crippen molar-refractivity contribution in [3.63, 3.8) is 0 Å².